The largest absolute Gasteiger partial charge is 0.497 e. The molecule has 3 heteroatoms. The molecule has 0 saturated heterocycles. The molecule has 0 aliphatic rings. The maximum Gasteiger partial charge on any atom is 0.118 e. The third kappa shape index (κ3) is 5.00. The van der Waals surface area contributed by atoms with Crippen LogP contribution in [0.15, 0.2) is 24.3 Å². The van der Waals surface area contributed by atoms with E-state index in [1.807, 2.05) is 12.1 Å². The molecule has 0 amide bonds. The third-order valence-corrected chi connectivity index (χ3v) is 3.53. The van der Waals surface area contributed by atoms with Crippen LogP contribution in [0.3, 0.4) is 0 Å². The molecule has 1 unspecified atom stereocenters. The fourth-order valence-electron chi connectivity index (χ4n) is 1.86. The van der Waals surface area contributed by atoms with Crippen LogP contribution in [0.5, 0.6) is 5.75 Å². The van der Waals surface area contributed by atoms with E-state index in [4.69, 9.17) is 4.74 Å². The van der Waals surface area contributed by atoms with Crippen molar-refractivity contribution in [3.05, 3.63) is 29.8 Å². The van der Waals surface area contributed by atoms with Crippen molar-refractivity contribution in [2.45, 2.75) is 19.9 Å². The van der Waals surface area contributed by atoms with E-state index < -0.39 is 0 Å². The summed E-state index contributed by atoms with van der Waals surface area (Å²) in [6.07, 6.45) is 1.19. The quantitative estimate of drug-likeness (QED) is 0.750. The lowest BCUT2D eigenvalue weighted by molar-refractivity contribution is 0.278. The van der Waals surface area contributed by atoms with Crippen molar-refractivity contribution in [1.82, 2.24) is 4.90 Å². The minimum absolute atomic E-state index is 0.682. The van der Waals surface area contributed by atoms with E-state index in [2.05, 4.69) is 43.6 Å². The Morgan fingerprint density at radius 2 is 1.94 bits per heavy atom. The number of nitrogens with zero attached hydrogens (tertiary/aromatic N) is 1. The number of ether oxygens (including phenoxy) is 1. The van der Waals surface area contributed by atoms with E-state index >= 15 is 0 Å². The number of rotatable bonds is 7. The summed E-state index contributed by atoms with van der Waals surface area (Å²) < 4.78 is 5.15. The van der Waals surface area contributed by atoms with Crippen molar-refractivity contribution in [3.8, 4) is 5.75 Å². The Kier molecular flexibility index (Phi) is 6.45. The predicted molar refractivity (Wildman–Crippen MR) is 77.0 cm³/mol. The Balaban J connectivity index is 2.46. The van der Waals surface area contributed by atoms with Gasteiger partial charge in [-0.15, -0.1) is 0 Å². The first-order valence-corrected chi connectivity index (χ1v) is 6.75. The van der Waals surface area contributed by atoms with Gasteiger partial charge in [-0.1, -0.05) is 25.5 Å². The van der Waals surface area contributed by atoms with Crippen LogP contribution in [0, 0.1) is 5.92 Å². The van der Waals surface area contributed by atoms with Crippen LogP contribution in [0.1, 0.15) is 18.9 Å². The van der Waals surface area contributed by atoms with Gasteiger partial charge in [-0.25, -0.2) is 0 Å². The molecule has 0 aromatic heterocycles. The molecule has 0 N–H and O–H groups in total. The average Bonchev–Trinajstić information content (AvgIpc) is 2.37. The second-order valence-electron chi connectivity index (χ2n) is 4.50. The van der Waals surface area contributed by atoms with Gasteiger partial charge in [0.1, 0.15) is 5.75 Å². The Labute approximate surface area is 110 Å². The number of benzene rings is 1. The lowest BCUT2D eigenvalue weighted by Crippen LogP contribution is -2.25. The zero-order valence-electron chi connectivity index (χ0n) is 11.0. The van der Waals surface area contributed by atoms with Gasteiger partial charge in [0.2, 0.25) is 0 Å². The summed E-state index contributed by atoms with van der Waals surface area (Å²) >= 11 is 4.38. The van der Waals surface area contributed by atoms with Gasteiger partial charge < -0.3 is 9.64 Å². The fourth-order valence-corrected chi connectivity index (χ4v) is 2.24. The molecule has 17 heavy (non-hydrogen) atoms. The van der Waals surface area contributed by atoms with Crippen molar-refractivity contribution in [2.24, 2.45) is 5.92 Å². The summed E-state index contributed by atoms with van der Waals surface area (Å²) in [7, 11) is 3.86. The average molecular weight is 253 g/mol. The molecule has 0 saturated carbocycles. The number of methoxy groups -OCH3 is 1. The molecule has 0 fully saturated rings. The summed E-state index contributed by atoms with van der Waals surface area (Å²) in [5.74, 6) is 2.56. The second-order valence-corrected chi connectivity index (χ2v) is 4.87. The Morgan fingerprint density at radius 3 is 2.41 bits per heavy atom. The first kappa shape index (κ1) is 14.4. The van der Waals surface area contributed by atoms with Gasteiger partial charge in [-0.05, 0) is 36.4 Å². The van der Waals surface area contributed by atoms with Gasteiger partial charge in [0.05, 0.1) is 7.11 Å². The molecule has 0 spiro atoms. The van der Waals surface area contributed by atoms with Crippen LogP contribution in [0.2, 0.25) is 0 Å². The molecule has 0 aliphatic carbocycles. The number of thiol groups is 1. The first-order chi connectivity index (χ1) is 8.19. The molecule has 0 radical (unpaired) electrons. The predicted octanol–water partition coefficient (Wildman–Crippen LogP) is 3.08. The van der Waals surface area contributed by atoms with Crippen LogP contribution >= 0.6 is 12.6 Å². The van der Waals surface area contributed by atoms with E-state index in [1.165, 1.54) is 12.0 Å². The highest BCUT2D eigenvalue weighted by Crippen LogP contribution is 2.14. The van der Waals surface area contributed by atoms with Crippen molar-refractivity contribution >= 4 is 12.6 Å². The topological polar surface area (TPSA) is 12.5 Å². The molecule has 2 nitrogen and oxygen atoms in total. The van der Waals surface area contributed by atoms with Gasteiger partial charge in [0, 0.05) is 13.1 Å². The van der Waals surface area contributed by atoms with Crippen LogP contribution in [0.25, 0.3) is 0 Å². The van der Waals surface area contributed by atoms with Crippen LogP contribution in [0.4, 0.5) is 0 Å². The minimum Gasteiger partial charge on any atom is -0.497 e. The first-order valence-electron chi connectivity index (χ1n) is 6.12. The molecule has 0 aliphatic heterocycles. The highest BCUT2D eigenvalue weighted by atomic mass is 32.1. The van der Waals surface area contributed by atoms with E-state index in [0.29, 0.717) is 5.92 Å². The lowest BCUT2D eigenvalue weighted by atomic mass is 10.1. The van der Waals surface area contributed by atoms with E-state index in [0.717, 1.165) is 24.6 Å². The summed E-state index contributed by atoms with van der Waals surface area (Å²) in [6, 6.07) is 8.27. The molecule has 0 heterocycles. The highest BCUT2D eigenvalue weighted by molar-refractivity contribution is 7.80. The van der Waals surface area contributed by atoms with Crippen molar-refractivity contribution < 1.29 is 4.74 Å². The molecule has 1 aromatic rings. The molecule has 1 aromatic carbocycles. The molecule has 0 bridgehead atoms. The van der Waals surface area contributed by atoms with Crippen molar-refractivity contribution in [3.63, 3.8) is 0 Å². The Hall–Kier alpha value is -0.670. The Bertz CT molecular complexity index is 309. The third-order valence-electron chi connectivity index (χ3n) is 3.02. The van der Waals surface area contributed by atoms with Gasteiger partial charge in [-0.2, -0.15) is 12.6 Å². The Morgan fingerprint density at radius 1 is 1.29 bits per heavy atom. The van der Waals surface area contributed by atoms with Crippen LogP contribution < -0.4 is 4.74 Å². The molecular weight excluding hydrogens is 230 g/mol. The summed E-state index contributed by atoms with van der Waals surface area (Å²) in [4.78, 5) is 2.35. The summed E-state index contributed by atoms with van der Waals surface area (Å²) in [6.45, 7) is 4.31. The lowest BCUT2D eigenvalue weighted by Gasteiger charge is -2.22. The van der Waals surface area contributed by atoms with E-state index in [9.17, 15) is 0 Å². The number of hydrogen-bond donors (Lipinski definition) is 1. The minimum atomic E-state index is 0.682. The zero-order chi connectivity index (χ0) is 12.7. The van der Waals surface area contributed by atoms with Gasteiger partial charge in [0.25, 0.3) is 0 Å². The number of hydrogen-bond acceptors (Lipinski definition) is 3. The van der Waals surface area contributed by atoms with Gasteiger partial charge >= 0.3 is 0 Å². The molecule has 1 rings (SSSR count). The standard InChI is InChI=1S/C14H23NOS/c1-4-12(11-17)9-15(2)10-13-5-7-14(16-3)8-6-13/h5-8,12,17H,4,9-11H2,1-3H3. The smallest absolute Gasteiger partial charge is 0.118 e. The summed E-state index contributed by atoms with van der Waals surface area (Å²) in [5.41, 5.74) is 1.32. The second kappa shape index (κ2) is 7.62. The molecule has 1 atom stereocenters. The van der Waals surface area contributed by atoms with Crippen LogP contribution in [-0.4, -0.2) is 31.4 Å². The monoisotopic (exact) mass is 253 g/mol. The summed E-state index contributed by atoms with van der Waals surface area (Å²) in [5, 5.41) is 0. The maximum absolute atomic E-state index is 5.15. The molecule has 96 valence electrons. The highest BCUT2D eigenvalue weighted by Gasteiger charge is 2.08. The van der Waals surface area contributed by atoms with E-state index in [-0.39, 0.29) is 0 Å². The van der Waals surface area contributed by atoms with Crippen molar-refractivity contribution in [1.29, 1.82) is 0 Å². The van der Waals surface area contributed by atoms with Crippen LogP contribution in [-0.2, 0) is 6.54 Å². The van der Waals surface area contributed by atoms with Crippen molar-refractivity contribution in [2.75, 3.05) is 26.5 Å². The van der Waals surface area contributed by atoms with Gasteiger partial charge in [-0.3, -0.25) is 0 Å². The fraction of sp³-hybridized carbons (Fsp3) is 0.571. The van der Waals surface area contributed by atoms with Gasteiger partial charge in [0.15, 0.2) is 0 Å². The molecular formula is C14H23NOS. The van der Waals surface area contributed by atoms with E-state index in [1.54, 1.807) is 7.11 Å². The normalized spacial score (nSPS) is 12.8. The zero-order valence-corrected chi connectivity index (χ0v) is 11.9. The SMILES string of the molecule is CCC(CS)CN(C)Cc1ccc(OC)cc1. The maximum atomic E-state index is 5.15.